The van der Waals surface area contributed by atoms with Crippen LogP contribution in [-0.4, -0.2) is 34.9 Å². The first-order valence-electron chi connectivity index (χ1n) is 11.2. The highest BCUT2D eigenvalue weighted by atomic mass is 35.5. The molecular formula is C25H25ClN4O3. The number of hydrogen-bond donors (Lipinski definition) is 4. The van der Waals surface area contributed by atoms with E-state index in [1.807, 2.05) is 48.7 Å². The average Bonchev–Trinajstić information content (AvgIpc) is 3.36. The van der Waals surface area contributed by atoms with Gasteiger partial charge in [0.05, 0.1) is 0 Å². The average molecular weight is 465 g/mol. The lowest BCUT2D eigenvalue weighted by atomic mass is 9.76. The Kier molecular flexibility index (Phi) is 5.58. The van der Waals surface area contributed by atoms with Crippen molar-refractivity contribution in [3.05, 3.63) is 70.9 Å². The van der Waals surface area contributed by atoms with Crippen LogP contribution >= 0.6 is 11.6 Å². The van der Waals surface area contributed by atoms with Crippen LogP contribution in [0.1, 0.15) is 42.7 Å². The smallest absolute Gasteiger partial charge is 0.322 e. The molecule has 0 radical (unpaired) electrons. The molecule has 170 valence electrons. The van der Waals surface area contributed by atoms with Gasteiger partial charge in [0.15, 0.2) is 0 Å². The van der Waals surface area contributed by atoms with Crippen molar-refractivity contribution in [3.8, 4) is 0 Å². The second-order valence-electron chi connectivity index (χ2n) is 8.87. The highest BCUT2D eigenvalue weighted by Crippen LogP contribution is 2.36. The van der Waals surface area contributed by atoms with Gasteiger partial charge in [-0.2, -0.15) is 0 Å². The van der Waals surface area contributed by atoms with Gasteiger partial charge in [-0.25, -0.2) is 4.79 Å². The highest BCUT2D eigenvalue weighted by molar-refractivity contribution is 6.31. The van der Waals surface area contributed by atoms with E-state index < -0.39 is 11.6 Å². The minimum absolute atomic E-state index is 0.0357. The van der Waals surface area contributed by atoms with Crippen molar-refractivity contribution in [2.45, 2.75) is 37.1 Å². The summed E-state index contributed by atoms with van der Waals surface area (Å²) in [6.07, 6.45) is 3.99. The number of urea groups is 1. The van der Waals surface area contributed by atoms with Gasteiger partial charge >= 0.3 is 6.03 Å². The number of nitrogens with one attached hydrogen (secondary N) is 4. The summed E-state index contributed by atoms with van der Waals surface area (Å²) in [7, 11) is 0. The van der Waals surface area contributed by atoms with Crippen molar-refractivity contribution >= 4 is 40.3 Å². The predicted molar refractivity (Wildman–Crippen MR) is 126 cm³/mol. The first-order chi connectivity index (χ1) is 16.0. The van der Waals surface area contributed by atoms with E-state index in [1.165, 1.54) is 0 Å². The molecule has 8 heteroatoms. The molecule has 3 aromatic rings. The number of aromatic nitrogens is 1. The fourth-order valence-corrected chi connectivity index (χ4v) is 5.39. The molecule has 0 bridgehead atoms. The zero-order valence-corrected chi connectivity index (χ0v) is 18.7. The number of H-pyrrole nitrogens is 1. The molecule has 1 saturated heterocycles. The molecule has 5 rings (SSSR count). The zero-order chi connectivity index (χ0) is 23.0. The van der Waals surface area contributed by atoms with E-state index in [0.29, 0.717) is 37.3 Å². The van der Waals surface area contributed by atoms with Crippen LogP contribution < -0.4 is 16.0 Å². The molecule has 1 aliphatic carbocycles. The molecule has 1 spiro atoms. The van der Waals surface area contributed by atoms with Crippen LogP contribution in [0.5, 0.6) is 0 Å². The third-order valence-corrected chi connectivity index (χ3v) is 7.33. The van der Waals surface area contributed by atoms with Gasteiger partial charge in [0.25, 0.3) is 5.91 Å². The summed E-state index contributed by atoms with van der Waals surface area (Å²) in [6, 6.07) is 15.3. The Hall–Kier alpha value is -3.32. The van der Waals surface area contributed by atoms with Crippen LogP contribution in [0.25, 0.3) is 10.9 Å². The SMILES string of the molecule is O=C1NC(=O)C2(CCC(C(=O)NCC(c3ccccc3Cl)c3c[nH]c4ccccc34)CC2)N1. The standard InChI is InChI=1S/C25H25ClN4O3/c26-20-7-3-1-5-16(20)18(19-13-27-21-8-4-2-6-17(19)21)14-28-22(31)15-9-11-25(12-10-15)23(32)29-24(33)30-25/h1-8,13,15,18,27H,9-12,14H2,(H,28,31)(H2,29,30,32,33). The monoisotopic (exact) mass is 464 g/mol. The molecule has 2 fully saturated rings. The zero-order valence-electron chi connectivity index (χ0n) is 18.0. The maximum absolute atomic E-state index is 13.1. The van der Waals surface area contributed by atoms with Crippen molar-refractivity contribution < 1.29 is 14.4 Å². The molecule has 2 aliphatic rings. The lowest BCUT2D eigenvalue weighted by Gasteiger charge is -2.34. The molecule has 1 aliphatic heterocycles. The lowest BCUT2D eigenvalue weighted by molar-refractivity contribution is -0.130. The van der Waals surface area contributed by atoms with Crippen molar-refractivity contribution in [2.24, 2.45) is 5.92 Å². The van der Waals surface area contributed by atoms with Gasteiger partial charge < -0.3 is 15.6 Å². The maximum atomic E-state index is 13.1. The number of hydrogen-bond acceptors (Lipinski definition) is 3. The van der Waals surface area contributed by atoms with E-state index in [0.717, 1.165) is 22.0 Å². The van der Waals surface area contributed by atoms with Gasteiger partial charge in [-0.3, -0.25) is 14.9 Å². The first kappa shape index (κ1) is 21.5. The van der Waals surface area contributed by atoms with E-state index in [4.69, 9.17) is 11.6 Å². The van der Waals surface area contributed by atoms with Crippen LogP contribution in [-0.2, 0) is 9.59 Å². The summed E-state index contributed by atoms with van der Waals surface area (Å²) in [4.78, 5) is 40.1. The molecule has 7 nitrogen and oxygen atoms in total. The van der Waals surface area contributed by atoms with E-state index in [2.05, 4.69) is 27.0 Å². The number of carbonyl (C=O) groups is 3. The second-order valence-corrected chi connectivity index (χ2v) is 9.28. The van der Waals surface area contributed by atoms with Crippen molar-refractivity contribution in [2.75, 3.05) is 6.54 Å². The Morgan fingerprint density at radius 2 is 1.79 bits per heavy atom. The fourth-order valence-electron chi connectivity index (χ4n) is 5.13. The number of para-hydroxylation sites is 1. The number of amides is 4. The molecule has 1 unspecified atom stereocenters. The Bertz CT molecular complexity index is 1230. The highest BCUT2D eigenvalue weighted by Gasteiger charge is 2.48. The Morgan fingerprint density at radius 3 is 2.52 bits per heavy atom. The molecule has 2 aromatic carbocycles. The number of aromatic amines is 1. The van der Waals surface area contributed by atoms with Gasteiger partial charge in [-0.1, -0.05) is 48.0 Å². The van der Waals surface area contributed by atoms with Crippen LogP contribution in [0.3, 0.4) is 0 Å². The molecule has 1 saturated carbocycles. The third kappa shape index (κ3) is 3.97. The van der Waals surface area contributed by atoms with E-state index in [1.54, 1.807) is 0 Å². The maximum Gasteiger partial charge on any atom is 0.322 e. The minimum Gasteiger partial charge on any atom is -0.361 e. The van der Waals surface area contributed by atoms with Gasteiger partial charge in [0.1, 0.15) is 5.54 Å². The summed E-state index contributed by atoms with van der Waals surface area (Å²) in [6.45, 7) is 0.406. The molecule has 1 atom stereocenters. The Balaban J connectivity index is 1.32. The third-order valence-electron chi connectivity index (χ3n) is 6.98. The number of benzene rings is 2. The summed E-state index contributed by atoms with van der Waals surface area (Å²) in [5, 5.41) is 9.94. The van der Waals surface area contributed by atoms with E-state index in [9.17, 15) is 14.4 Å². The molecule has 4 N–H and O–H groups in total. The van der Waals surface area contributed by atoms with Crippen molar-refractivity contribution in [1.29, 1.82) is 0 Å². The number of carbonyl (C=O) groups excluding carboxylic acids is 3. The Morgan fingerprint density at radius 1 is 1.06 bits per heavy atom. The minimum atomic E-state index is -0.863. The van der Waals surface area contributed by atoms with Gasteiger partial charge in [0, 0.05) is 40.5 Å². The fraction of sp³-hybridized carbons (Fsp3) is 0.320. The molecular weight excluding hydrogens is 440 g/mol. The lowest BCUT2D eigenvalue weighted by Crippen LogP contribution is -2.51. The largest absolute Gasteiger partial charge is 0.361 e. The Labute approximate surface area is 196 Å². The van der Waals surface area contributed by atoms with Crippen molar-refractivity contribution in [3.63, 3.8) is 0 Å². The van der Waals surface area contributed by atoms with Gasteiger partial charge in [-0.05, 0) is 48.9 Å². The van der Waals surface area contributed by atoms with E-state index in [-0.39, 0.29) is 23.7 Å². The van der Waals surface area contributed by atoms with Crippen molar-refractivity contribution in [1.82, 2.24) is 20.9 Å². The second kappa shape index (κ2) is 8.56. The summed E-state index contributed by atoms with van der Waals surface area (Å²) in [5.74, 6) is -0.639. The quantitative estimate of drug-likeness (QED) is 0.431. The van der Waals surface area contributed by atoms with Crippen LogP contribution in [0.2, 0.25) is 5.02 Å². The molecule has 2 heterocycles. The topological polar surface area (TPSA) is 103 Å². The molecule has 1 aromatic heterocycles. The summed E-state index contributed by atoms with van der Waals surface area (Å²) < 4.78 is 0. The number of imide groups is 1. The van der Waals surface area contributed by atoms with E-state index >= 15 is 0 Å². The molecule has 4 amide bonds. The van der Waals surface area contributed by atoms with Crippen LogP contribution in [0, 0.1) is 5.92 Å². The van der Waals surface area contributed by atoms with Gasteiger partial charge in [-0.15, -0.1) is 0 Å². The van der Waals surface area contributed by atoms with Crippen LogP contribution in [0.15, 0.2) is 54.7 Å². The first-order valence-corrected chi connectivity index (χ1v) is 11.6. The summed E-state index contributed by atoms with van der Waals surface area (Å²) in [5.41, 5.74) is 2.20. The predicted octanol–water partition coefficient (Wildman–Crippen LogP) is 3.84. The number of halogens is 1. The summed E-state index contributed by atoms with van der Waals surface area (Å²) >= 11 is 6.55. The normalized spacial score (nSPS) is 23.4. The number of fused-ring (bicyclic) bond motifs is 1. The number of rotatable bonds is 5. The molecule has 33 heavy (non-hydrogen) atoms. The van der Waals surface area contributed by atoms with Crippen LogP contribution in [0.4, 0.5) is 4.79 Å². The van der Waals surface area contributed by atoms with Gasteiger partial charge in [0.2, 0.25) is 5.91 Å².